The van der Waals surface area contributed by atoms with E-state index in [1.807, 2.05) is 49.4 Å². The lowest BCUT2D eigenvalue weighted by molar-refractivity contribution is -0.121. The molecule has 1 atom stereocenters. The minimum atomic E-state index is -0.0418. The lowest BCUT2D eigenvalue weighted by Crippen LogP contribution is -2.40. The van der Waals surface area contributed by atoms with Crippen molar-refractivity contribution in [2.75, 3.05) is 18.4 Å². The van der Waals surface area contributed by atoms with Crippen LogP contribution >= 0.6 is 0 Å². The SMILES string of the molecule is Cc1ccc(-c2noc(CN3CCCC(C(=O)Nc4ccc(C)c(C)c4)C3)n2)cc1. The molecule has 0 bridgehead atoms. The maximum absolute atomic E-state index is 12.8. The summed E-state index contributed by atoms with van der Waals surface area (Å²) in [4.78, 5) is 19.6. The molecule has 30 heavy (non-hydrogen) atoms. The quantitative estimate of drug-likeness (QED) is 0.677. The number of piperidine rings is 1. The van der Waals surface area contributed by atoms with E-state index in [2.05, 4.69) is 34.2 Å². The second-order valence-electron chi connectivity index (χ2n) is 8.24. The van der Waals surface area contributed by atoms with Crippen LogP contribution in [0.3, 0.4) is 0 Å². The van der Waals surface area contributed by atoms with Gasteiger partial charge in [0.1, 0.15) is 0 Å². The van der Waals surface area contributed by atoms with Crippen LogP contribution in [0.5, 0.6) is 0 Å². The molecule has 0 radical (unpaired) electrons. The van der Waals surface area contributed by atoms with Crippen LogP contribution in [0.4, 0.5) is 5.69 Å². The van der Waals surface area contributed by atoms with Crippen LogP contribution in [0.15, 0.2) is 47.0 Å². The lowest BCUT2D eigenvalue weighted by atomic mass is 9.97. The van der Waals surface area contributed by atoms with Crippen LogP contribution in [0.25, 0.3) is 11.4 Å². The summed E-state index contributed by atoms with van der Waals surface area (Å²) in [5.74, 6) is 1.22. The molecular weight excluding hydrogens is 376 g/mol. The van der Waals surface area contributed by atoms with Crippen LogP contribution < -0.4 is 5.32 Å². The van der Waals surface area contributed by atoms with Crippen LogP contribution in [0.2, 0.25) is 0 Å². The van der Waals surface area contributed by atoms with Gasteiger partial charge in [-0.2, -0.15) is 4.98 Å². The van der Waals surface area contributed by atoms with Gasteiger partial charge in [-0.1, -0.05) is 41.1 Å². The number of nitrogens with one attached hydrogen (secondary N) is 1. The average molecular weight is 405 g/mol. The van der Waals surface area contributed by atoms with Crippen molar-refractivity contribution in [3.8, 4) is 11.4 Å². The molecule has 4 rings (SSSR count). The van der Waals surface area contributed by atoms with Gasteiger partial charge in [-0.05, 0) is 63.4 Å². The maximum Gasteiger partial charge on any atom is 0.241 e. The smallest absolute Gasteiger partial charge is 0.241 e. The van der Waals surface area contributed by atoms with Gasteiger partial charge in [0.2, 0.25) is 17.6 Å². The molecule has 1 aliphatic rings. The molecule has 1 aromatic heterocycles. The predicted molar refractivity (Wildman–Crippen MR) is 117 cm³/mol. The third-order valence-electron chi connectivity index (χ3n) is 5.79. The Morgan fingerprint density at radius 2 is 1.93 bits per heavy atom. The number of aryl methyl sites for hydroxylation is 3. The molecule has 1 amide bonds. The van der Waals surface area contributed by atoms with E-state index < -0.39 is 0 Å². The zero-order chi connectivity index (χ0) is 21.1. The third kappa shape index (κ3) is 4.76. The first-order chi connectivity index (χ1) is 14.5. The summed E-state index contributed by atoms with van der Waals surface area (Å²) in [5, 5.41) is 7.19. The van der Waals surface area contributed by atoms with Crippen LogP contribution in [-0.4, -0.2) is 34.0 Å². The Morgan fingerprint density at radius 3 is 2.70 bits per heavy atom. The van der Waals surface area contributed by atoms with E-state index in [1.165, 1.54) is 16.7 Å². The average Bonchev–Trinajstić information content (AvgIpc) is 3.20. The number of hydrogen-bond acceptors (Lipinski definition) is 5. The van der Waals surface area contributed by atoms with E-state index in [1.54, 1.807) is 0 Å². The fraction of sp³-hybridized carbons (Fsp3) is 0.375. The molecule has 1 aliphatic heterocycles. The van der Waals surface area contributed by atoms with Crippen molar-refractivity contribution in [3.63, 3.8) is 0 Å². The summed E-state index contributed by atoms with van der Waals surface area (Å²) < 4.78 is 5.46. The normalized spacial score (nSPS) is 17.1. The van der Waals surface area contributed by atoms with Gasteiger partial charge in [0.25, 0.3) is 0 Å². The minimum Gasteiger partial charge on any atom is -0.338 e. The zero-order valence-corrected chi connectivity index (χ0v) is 17.8. The molecule has 3 aromatic rings. The van der Waals surface area contributed by atoms with Crippen LogP contribution in [0.1, 0.15) is 35.4 Å². The number of nitrogens with zero attached hydrogens (tertiary/aromatic N) is 3. The van der Waals surface area contributed by atoms with Crippen molar-refractivity contribution >= 4 is 11.6 Å². The Balaban J connectivity index is 1.36. The topological polar surface area (TPSA) is 71.3 Å². The van der Waals surface area contributed by atoms with E-state index in [9.17, 15) is 4.79 Å². The second kappa shape index (κ2) is 8.79. The Labute approximate surface area is 177 Å². The summed E-state index contributed by atoms with van der Waals surface area (Å²) in [6.07, 6.45) is 1.87. The number of anilines is 1. The van der Waals surface area contributed by atoms with Gasteiger partial charge in [0.05, 0.1) is 12.5 Å². The van der Waals surface area contributed by atoms with Gasteiger partial charge in [0.15, 0.2) is 0 Å². The monoisotopic (exact) mass is 404 g/mol. The molecule has 6 heteroatoms. The van der Waals surface area contributed by atoms with Gasteiger partial charge in [0, 0.05) is 17.8 Å². The number of benzene rings is 2. The van der Waals surface area contributed by atoms with Crippen molar-refractivity contribution in [3.05, 3.63) is 65.0 Å². The number of carbonyl (C=O) groups is 1. The molecule has 1 unspecified atom stereocenters. The molecule has 2 heterocycles. The Morgan fingerprint density at radius 1 is 1.13 bits per heavy atom. The van der Waals surface area contributed by atoms with Gasteiger partial charge >= 0.3 is 0 Å². The number of rotatable bonds is 5. The molecular formula is C24H28N4O2. The number of carbonyl (C=O) groups excluding carboxylic acids is 1. The summed E-state index contributed by atoms with van der Waals surface area (Å²) in [6, 6.07) is 14.1. The van der Waals surface area contributed by atoms with Crippen LogP contribution in [0, 0.1) is 26.7 Å². The highest BCUT2D eigenvalue weighted by Crippen LogP contribution is 2.22. The molecule has 1 N–H and O–H groups in total. The summed E-state index contributed by atoms with van der Waals surface area (Å²) in [5.41, 5.74) is 5.40. The highest BCUT2D eigenvalue weighted by molar-refractivity contribution is 5.92. The number of likely N-dealkylation sites (tertiary alicyclic amines) is 1. The molecule has 2 aromatic carbocycles. The van der Waals surface area contributed by atoms with E-state index >= 15 is 0 Å². The van der Waals surface area contributed by atoms with Crippen molar-refractivity contribution in [2.24, 2.45) is 5.92 Å². The summed E-state index contributed by atoms with van der Waals surface area (Å²) >= 11 is 0. The summed E-state index contributed by atoms with van der Waals surface area (Å²) in [6.45, 7) is 8.36. The summed E-state index contributed by atoms with van der Waals surface area (Å²) in [7, 11) is 0. The number of amides is 1. The first-order valence-corrected chi connectivity index (χ1v) is 10.5. The van der Waals surface area contributed by atoms with E-state index in [-0.39, 0.29) is 11.8 Å². The van der Waals surface area contributed by atoms with Crippen molar-refractivity contribution in [2.45, 2.75) is 40.2 Å². The maximum atomic E-state index is 12.8. The highest BCUT2D eigenvalue weighted by atomic mass is 16.5. The Hall–Kier alpha value is -2.99. The van der Waals surface area contributed by atoms with Crippen molar-refractivity contribution in [1.29, 1.82) is 0 Å². The molecule has 1 saturated heterocycles. The van der Waals surface area contributed by atoms with Gasteiger partial charge < -0.3 is 9.84 Å². The standard InChI is InChI=1S/C24H28N4O2/c1-16-6-9-19(10-7-16)23-26-22(30-27-23)15-28-12-4-5-20(14-28)24(29)25-21-11-8-17(2)18(3)13-21/h6-11,13,20H,4-5,12,14-15H2,1-3H3,(H,25,29). The number of aromatic nitrogens is 2. The predicted octanol–water partition coefficient (Wildman–Crippen LogP) is 4.51. The first-order valence-electron chi connectivity index (χ1n) is 10.5. The fourth-order valence-corrected chi connectivity index (χ4v) is 3.81. The molecule has 156 valence electrons. The minimum absolute atomic E-state index is 0.0418. The Bertz CT molecular complexity index is 1030. The molecule has 0 aliphatic carbocycles. The van der Waals surface area contributed by atoms with Gasteiger partial charge in [-0.25, -0.2) is 0 Å². The van der Waals surface area contributed by atoms with E-state index in [0.717, 1.165) is 30.6 Å². The molecule has 0 spiro atoms. The van der Waals surface area contributed by atoms with Crippen molar-refractivity contribution < 1.29 is 9.32 Å². The zero-order valence-electron chi connectivity index (χ0n) is 17.8. The van der Waals surface area contributed by atoms with E-state index in [0.29, 0.717) is 24.8 Å². The van der Waals surface area contributed by atoms with Gasteiger partial charge in [-0.3, -0.25) is 9.69 Å². The fourth-order valence-electron chi connectivity index (χ4n) is 3.81. The second-order valence-corrected chi connectivity index (χ2v) is 8.24. The van der Waals surface area contributed by atoms with Crippen LogP contribution in [-0.2, 0) is 11.3 Å². The molecule has 1 fully saturated rings. The first kappa shape index (κ1) is 20.3. The lowest BCUT2D eigenvalue weighted by Gasteiger charge is -2.30. The largest absolute Gasteiger partial charge is 0.338 e. The molecule has 0 saturated carbocycles. The highest BCUT2D eigenvalue weighted by Gasteiger charge is 2.27. The van der Waals surface area contributed by atoms with Crippen molar-refractivity contribution in [1.82, 2.24) is 15.0 Å². The Kier molecular flexibility index (Phi) is 5.95. The van der Waals surface area contributed by atoms with E-state index in [4.69, 9.17) is 4.52 Å². The third-order valence-corrected chi connectivity index (χ3v) is 5.79. The van der Waals surface area contributed by atoms with Gasteiger partial charge in [-0.15, -0.1) is 0 Å². The number of hydrogen-bond donors (Lipinski definition) is 1. The molecule has 6 nitrogen and oxygen atoms in total.